The highest BCUT2D eigenvalue weighted by Crippen LogP contribution is 2.30. The zero-order chi connectivity index (χ0) is 11.3. The molecule has 0 spiro atoms. The van der Waals surface area contributed by atoms with E-state index in [1.165, 1.54) is 0 Å². The Morgan fingerprint density at radius 2 is 2.13 bits per heavy atom. The molecule has 15 heavy (non-hydrogen) atoms. The van der Waals surface area contributed by atoms with Gasteiger partial charge >= 0.3 is 0 Å². The number of methoxy groups -OCH3 is 2. The molecule has 1 aromatic rings. The van der Waals surface area contributed by atoms with E-state index in [0.717, 1.165) is 5.56 Å². The molecule has 0 bridgehead atoms. The molecule has 1 N–H and O–H groups in total. The molecule has 0 heterocycles. The van der Waals surface area contributed by atoms with Crippen molar-refractivity contribution in [1.82, 2.24) is 0 Å². The zero-order valence-corrected chi connectivity index (χ0v) is 9.06. The van der Waals surface area contributed by atoms with E-state index in [0.29, 0.717) is 17.9 Å². The molecular formula is C12H16O3. The summed E-state index contributed by atoms with van der Waals surface area (Å²) in [5.74, 6) is 1.34. The molecule has 0 saturated heterocycles. The highest BCUT2D eigenvalue weighted by atomic mass is 16.5. The molecule has 0 aromatic heterocycles. The van der Waals surface area contributed by atoms with Crippen LogP contribution in [-0.4, -0.2) is 19.3 Å². The summed E-state index contributed by atoms with van der Waals surface area (Å²) < 4.78 is 10.3. The Balaban J connectivity index is 3.01. The summed E-state index contributed by atoms with van der Waals surface area (Å²) in [7, 11) is 3.16. The van der Waals surface area contributed by atoms with Crippen molar-refractivity contribution >= 4 is 0 Å². The first kappa shape index (κ1) is 11.6. The molecule has 0 aliphatic rings. The van der Waals surface area contributed by atoms with Gasteiger partial charge in [0, 0.05) is 11.6 Å². The minimum absolute atomic E-state index is 0.503. The third kappa shape index (κ3) is 2.73. The highest BCUT2D eigenvalue weighted by Gasteiger charge is 2.12. The van der Waals surface area contributed by atoms with Crippen molar-refractivity contribution in [2.75, 3.05) is 14.2 Å². The van der Waals surface area contributed by atoms with Crippen molar-refractivity contribution in [3.8, 4) is 11.5 Å². The van der Waals surface area contributed by atoms with Crippen LogP contribution in [0.4, 0.5) is 0 Å². The topological polar surface area (TPSA) is 38.7 Å². The molecule has 1 aromatic carbocycles. The van der Waals surface area contributed by atoms with Crippen LogP contribution in [0.15, 0.2) is 30.9 Å². The van der Waals surface area contributed by atoms with E-state index in [2.05, 4.69) is 6.58 Å². The van der Waals surface area contributed by atoms with Crippen LogP contribution in [0, 0.1) is 0 Å². The minimum atomic E-state index is -0.580. The Morgan fingerprint density at radius 3 is 2.67 bits per heavy atom. The van der Waals surface area contributed by atoms with Crippen LogP contribution in [0.5, 0.6) is 11.5 Å². The van der Waals surface area contributed by atoms with Crippen molar-refractivity contribution in [3.63, 3.8) is 0 Å². The number of benzene rings is 1. The average Bonchev–Trinajstić information content (AvgIpc) is 2.28. The quantitative estimate of drug-likeness (QED) is 0.755. The molecule has 0 aliphatic heterocycles. The molecular weight excluding hydrogens is 192 g/mol. The van der Waals surface area contributed by atoms with Crippen LogP contribution in [0.1, 0.15) is 18.1 Å². The lowest BCUT2D eigenvalue weighted by Gasteiger charge is -2.14. The molecule has 82 valence electrons. The van der Waals surface area contributed by atoms with Crippen LogP contribution < -0.4 is 9.47 Å². The summed E-state index contributed by atoms with van der Waals surface area (Å²) in [5.41, 5.74) is 0.748. The Labute approximate surface area is 90.0 Å². The van der Waals surface area contributed by atoms with Crippen molar-refractivity contribution in [3.05, 3.63) is 36.4 Å². The summed E-state index contributed by atoms with van der Waals surface area (Å²) in [6.45, 7) is 3.59. The van der Waals surface area contributed by atoms with E-state index in [-0.39, 0.29) is 0 Å². The van der Waals surface area contributed by atoms with Gasteiger partial charge in [-0.25, -0.2) is 0 Å². The molecule has 0 unspecified atom stereocenters. The summed E-state index contributed by atoms with van der Waals surface area (Å²) in [5, 5.41) is 9.80. The van der Waals surface area contributed by atoms with E-state index in [1.807, 2.05) is 0 Å². The van der Waals surface area contributed by atoms with Gasteiger partial charge in [0.1, 0.15) is 11.5 Å². The Hall–Kier alpha value is -1.48. The van der Waals surface area contributed by atoms with E-state index < -0.39 is 6.10 Å². The fraction of sp³-hybridized carbons (Fsp3) is 0.333. The molecule has 0 radical (unpaired) electrons. The van der Waals surface area contributed by atoms with E-state index >= 15 is 0 Å². The smallest absolute Gasteiger partial charge is 0.128 e. The first-order valence-corrected chi connectivity index (χ1v) is 4.73. The Bertz CT molecular complexity index is 334. The van der Waals surface area contributed by atoms with Gasteiger partial charge in [0.25, 0.3) is 0 Å². The lowest BCUT2D eigenvalue weighted by atomic mass is 10.1. The highest BCUT2D eigenvalue weighted by molar-refractivity contribution is 5.42. The van der Waals surface area contributed by atoms with Gasteiger partial charge in [0.05, 0.1) is 20.3 Å². The van der Waals surface area contributed by atoms with E-state index in [1.54, 1.807) is 38.5 Å². The minimum Gasteiger partial charge on any atom is -0.497 e. The molecule has 1 rings (SSSR count). The summed E-state index contributed by atoms with van der Waals surface area (Å²) >= 11 is 0. The second-order valence-corrected chi connectivity index (χ2v) is 3.15. The number of aliphatic hydroxyl groups excluding tert-OH is 1. The van der Waals surface area contributed by atoms with Crippen LogP contribution in [-0.2, 0) is 0 Å². The van der Waals surface area contributed by atoms with Crippen molar-refractivity contribution < 1.29 is 14.6 Å². The van der Waals surface area contributed by atoms with Crippen molar-refractivity contribution in [1.29, 1.82) is 0 Å². The molecule has 0 aliphatic carbocycles. The predicted octanol–water partition coefficient (Wildman–Crippen LogP) is 2.31. The molecule has 0 saturated carbocycles. The fourth-order valence-electron chi connectivity index (χ4n) is 1.38. The maximum absolute atomic E-state index is 9.80. The van der Waals surface area contributed by atoms with E-state index in [4.69, 9.17) is 9.47 Å². The maximum Gasteiger partial charge on any atom is 0.128 e. The van der Waals surface area contributed by atoms with Crippen LogP contribution in [0.25, 0.3) is 0 Å². The SMILES string of the molecule is C=CC[C@@H](O)c1ccc(OC)cc1OC. The third-order valence-electron chi connectivity index (χ3n) is 2.19. The first-order chi connectivity index (χ1) is 7.22. The monoisotopic (exact) mass is 208 g/mol. The van der Waals surface area contributed by atoms with Gasteiger partial charge in [-0.1, -0.05) is 6.08 Å². The number of ether oxygens (including phenoxy) is 2. The zero-order valence-electron chi connectivity index (χ0n) is 9.06. The predicted molar refractivity (Wildman–Crippen MR) is 59.3 cm³/mol. The largest absolute Gasteiger partial charge is 0.497 e. The van der Waals surface area contributed by atoms with Gasteiger partial charge in [0.15, 0.2) is 0 Å². The Kier molecular flexibility index (Phi) is 4.18. The maximum atomic E-state index is 9.80. The van der Waals surface area contributed by atoms with Gasteiger partial charge in [-0.3, -0.25) is 0 Å². The van der Waals surface area contributed by atoms with Crippen molar-refractivity contribution in [2.45, 2.75) is 12.5 Å². The van der Waals surface area contributed by atoms with Gasteiger partial charge in [-0.15, -0.1) is 6.58 Å². The molecule has 3 heteroatoms. The molecule has 1 atom stereocenters. The molecule has 0 fully saturated rings. The average molecular weight is 208 g/mol. The second kappa shape index (κ2) is 5.41. The fourth-order valence-corrected chi connectivity index (χ4v) is 1.38. The number of hydrogen-bond donors (Lipinski definition) is 1. The second-order valence-electron chi connectivity index (χ2n) is 3.15. The van der Waals surface area contributed by atoms with Gasteiger partial charge in [0.2, 0.25) is 0 Å². The number of rotatable bonds is 5. The van der Waals surface area contributed by atoms with Crippen LogP contribution in [0.2, 0.25) is 0 Å². The molecule has 3 nitrogen and oxygen atoms in total. The standard InChI is InChI=1S/C12H16O3/c1-4-5-11(13)10-7-6-9(14-2)8-12(10)15-3/h4,6-8,11,13H,1,5H2,2-3H3/t11-/m1/s1. The van der Waals surface area contributed by atoms with Gasteiger partial charge < -0.3 is 14.6 Å². The summed E-state index contributed by atoms with van der Waals surface area (Å²) in [6, 6.07) is 5.34. The lowest BCUT2D eigenvalue weighted by Crippen LogP contribution is -2.00. The Morgan fingerprint density at radius 1 is 1.40 bits per heavy atom. The summed E-state index contributed by atoms with van der Waals surface area (Å²) in [4.78, 5) is 0. The van der Waals surface area contributed by atoms with Crippen LogP contribution in [0.3, 0.4) is 0 Å². The molecule has 0 amide bonds. The van der Waals surface area contributed by atoms with Crippen molar-refractivity contribution in [2.24, 2.45) is 0 Å². The van der Waals surface area contributed by atoms with Gasteiger partial charge in [-0.2, -0.15) is 0 Å². The number of aliphatic hydroxyl groups is 1. The summed E-state index contributed by atoms with van der Waals surface area (Å²) in [6.07, 6.45) is 1.60. The third-order valence-corrected chi connectivity index (χ3v) is 2.19. The number of hydrogen-bond acceptors (Lipinski definition) is 3. The van der Waals surface area contributed by atoms with E-state index in [9.17, 15) is 5.11 Å². The van der Waals surface area contributed by atoms with Gasteiger partial charge in [-0.05, 0) is 18.6 Å². The lowest BCUT2D eigenvalue weighted by molar-refractivity contribution is 0.177. The first-order valence-electron chi connectivity index (χ1n) is 4.73. The normalized spacial score (nSPS) is 11.9. The van der Waals surface area contributed by atoms with Crippen LogP contribution >= 0.6 is 0 Å².